The zero-order valence-electron chi connectivity index (χ0n) is 11.8. The Balaban J connectivity index is 2.12. The number of carbonyl (C=O) groups is 1. The second-order valence-corrected chi connectivity index (χ2v) is 6.60. The van der Waals surface area contributed by atoms with E-state index in [1.807, 2.05) is 37.3 Å². The summed E-state index contributed by atoms with van der Waals surface area (Å²) in [5.74, 6) is -0.0728. The maximum absolute atomic E-state index is 12.5. The molecule has 2 unspecified atom stereocenters. The van der Waals surface area contributed by atoms with Gasteiger partial charge < -0.3 is 4.90 Å². The van der Waals surface area contributed by atoms with Crippen molar-refractivity contribution in [2.24, 2.45) is 0 Å². The first kappa shape index (κ1) is 15.1. The summed E-state index contributed by atoms with van der Waals surface area (Å²) in [7, 11) is 1.81. The Hall–Kier alpha value is -1.32. The standard InChI is InChI=1S/C16H18ClNOS/c1-11-9-10-14(20-11)12(2)18(3)16(19)15(17)13-7-5-4-6-8-13/h4-10,12,15H,1-3H3. The van der Waals surface area contributed by atoms with E-state index < -0.39 is 5.38 Å². The van der Waals surface area contributed by atoms with E-state index >= 15 is 0 Å². The minimum absolute atomic E-state index is 0.0335. The molecule has 2 aromatic rings. The third-order valence-electron chi connectivity index (χ3n) is 3.41. The highest BCUT2D eigenvalue weighted by atomic mass is 35.5. The van der Waals surface area contributed by atoms with Crippen LogP contribution in [0.4, 0.5) is 0 Å². The molecule has 0 spiro atoms. The smallest absolute Gasteiger partial charge is 0.245 e. The molecule has 0 saturated carbocycles. The van der Waals surface area contributed by atoms with Crippen LogP contribution in [0.3, 0.4) is 0 Å². The molecule has 0 saturated heterocycles. The Morgan fingerprint density at radius 3 is 2.40 bits per heavy atom. The van der Waals surface area contributed by atoms with Gasteiger partial charge in [-0.3, -0.25) is 4.79 Å². The zero-order valence-corrected chi connectivity index (χ0v) is 13.4. The maximum Gasteiger partial charge on any atom is 0.245 e. The molecule has 0 bridgehead atoms. The molecule has 1 aromatic carbocycles. The van der Waals surface area contributed by atoms with Crippen LogP contribution in [-0.4, -0.2) is 17.9 Å². The lowest BCUT2D eigenvalue weighted by molar-refractivity contribution is -0.131. The van der Waals surface area contributed by atoms with Crippen LogP contribution in [-0.2, 0) is 4.79 Å². The largest absolute Gasteiger partial charge is 0.337 e. The van der Waals surface area contributed by atoms with Crippen LogP contribution in [0.2, 0.25) is 0 Å². The number of halogens is 1. The Labute approximate surface area is 129 Å². The van der Waals surface area contributed by atoms with Gasteiger partial charge in [0, 0.05) is 16.8 Å². The number of alkyl halides is 1. The maximum atomic E-state index is 12.5. The van der Waals surface area contributed by atoms with Gasteiger partial charge in [0.05, 0.1) is 6.04 Å². The first-order chi connectivity index (χ1) is 9.50. The van der Waals surface area contributed by atoms with Crippen molar-refractivity contribution in [3.8, 4) is 0 Å². The van der Waals surface area contributed by atoms with Gasteiger partial charge in [-0.25, -0.2) is 0 Å². The SMILES string of the molecule is Cc1ccc(C(C)N(C)C(=O)C(Cl)c2ccccc2)s1. The summed E-state index contributed by atoms with van der Waals surface area (Å²) in [6.45, 7) is 4.09. The fourth-order valence-electron chi connectivity index (χ4n) is 2.00. The van der Waals surface area contributed by atoms with E-state index in [0.717, 1.165) is 5.56 Å². The van der Waals surface area contributed by atoms with E-state index in [0.29, 0.717) is 0 Å². The predicted octanol–water partition coefficient (Wildman–Crippen LogP) is 4.56. The van der Waals surface area contributed by atoms with Crippen molar-refractivity contribution >= 4 is 28.8 Å². The lowest BCUT2D eigenvalue weighted by Crippen LogP contribution is -2.31. The first-order valence-electron chi connectivity index (χ1n) is 6.52. The Bertz CT molecular complexity index is 581. The Morgan fingerprint density at radius 2 is 1.85 bits per heavy atom. The molecule has 0 aliphatic carbocycles. The fourth-order valence-corrected chi connectivity index (χ4v) is 3.28. The molecule has 1 amide bonds. The van der Waals surface area contributed by atoms with E-state index in [1.54, 1.807) is 23.3 Å². The summed E-state index contributed by atoms with van der Waals surface area (Å²) in [4.78, 5) is 16.6. The van der Waals surface area contributed by atoms with Crippen LogP contribution in [0.25, 0.3) is 0 Å². The molecule has 1 aromatic heterocycles. The lowest BCUT2D eigenvalue weighted by Gasteiger charge is -2.26. The van der Waals surface area contributed by atoms with E-state index in [2.05, 4.69) is 19.1 Å². The van der Waals surface area contributed by atoms with Crippen molar-refractivity contribution in [3.05, 3.63) is 57.8 Å². The second-order valence-electron chi connectivity index (χ2n) is 4.85. The summed E-state index contributed by atoms with van der Waals surface area (Å²) in [6, 6.07) is 13.6. The summed E-state index contributed by atoms with van der Waals surface area (Å²) >= 11 is 8.01. The molecule has 0 radical (unpaired) electrons. The number of thiophene rings is 1. The van der Waals surface area contributed by atoms with Gasteiger partial charge in [0.2, 0.25) is 5.91 Å². The Kier molecular flexibility index (Phi) is 4.84. The molecule has 4 heteroatoms. The van der Waals surface area contributed by atoms with E-state index in [1.165, 1.54) is 9.75 Å². The van der Waals surface area contributed by atoms with Crippen molar-refractivity contribution in [3.63, 3.8) is 0 Å². The summed E-state index contributed by atoms with van der Waals surface area (Å²) in [6.07, 6.45) is 0. The van der Waals surface area contributed by atoms with Crippen LogP contribution >= 0.6 is 22.9 Å². The minimum Gasteiger partial charge on any atom is -0.337 e. The van der Waals surface area contributed by atoms with Gasteiger partial charge in [-0.15, -0.1) is 22.9 Å². The number of hydrogen-bond acceptors (Lipinski definition) is 2. The number of hydrogen-bond donors (Lipinski definition) is 0. The van der Waals surface area contributed by atoms with Crippen LogP contribution < -0.4 is 0 Å². The number of aryl methyl sites for hydroxylation is 1. The van der Waals surface area contributed by atoms with Gasteiger partial charge in [-0.05, 0) is 31.5 Å². The van der Waals surface area contributed by atoms with E-state index in [4.69, 9.17) is 11.6 Å². The third kappa shape index (κ3) is 3.22. The van der Waals surface area contributed by atoms with Gasteiger partial charge in [0.25, 0.3) is 0 Å². The molecular weight excluding hydrogens is 290 g/mol. The van der Waals surface area contributed by atoms with E-state index in [-0.39, 0.29) is 11.9 Å². The molecule has 1 heterocycles. The highest BCUT2D eigenvalue weighted by Crippen LogP contribution is 2.30. The van der Waals surface area contributed by atoms with Crippen molar-refractivity contribution in [2.45, 2.75) is 25.3 Å². The molecule has 20 heavy (non-hydrogen) atoms. The molecule has 106 valence electrons. The number of nitrogens with zero attached hydrogens (tertiary/aromatic N) is 1. The van der Waals surface area contributed by atoms with Gasteiger partial charge >= 0.3 is 0 Å². The van der Waals surface area contributed by atoms with Gasteiger partial charge in [0.15, 0.2) is 0 Å². The molecule has 2 atom stereocenters. The topological polar surface area (TPSA) is 20.3 Å². The average molecular weight is 308 g/mol. The fraction of sp³-hybridized carbons (Fsp3) is 0.312. The van der Waals surface area contributed by atoms with Crippen molar-refractivity contribution < 1.29 is 4.79 Å². The highest BCUT2D eigenvalue weighted by Gasteiger charge is 2.25. The van der Waals surface area contributed by atoms with Gasteiger partial charge in [0.1, 0.15) is 5.38 Å². The molecule has 0 aliphatic heterocycles. The van der Waals surface area contributed by atoms with Crippen molar-refractivity contribution in [1.29, 1.82) is 0 Å². The first-order valence-corrected chi connectivity index (χ1v) is 7.78. The average Bonchev–Trinajstić information content (AvgIpc) is 2.91. The van der Waals surface area contributed by atoms with E-state index in [9.17, 15) is 4.79 Å². The van der Waals surface area contributed by atoms with Crippen LogP contribution in [0.1, 0.15) is 33.7 Å². The van der Waals surface area contributed by atoms with Crippen LogP contribution in [0.5, 0.6) is 0 Å². The van der Waals surface area contributed by atoms with Gasteiger partial charge in [-0.1, -0.05) is 30.3 Å². The third-order valence-corrected chi connectivity index (χ3v) is 5.02. The normalized spacial score (nSPS) is 13.8. The number of carbonyl (C=O) groups excluding carboxylic acids is 1. The van der Waals surface area contributed by atoms with Crippen LogP contribution in [0.15, 0.2) is 42.5 Å². The zero-order chi connectivity index (χ0) is 14.7. The molecule has 0 fully saturated rings. The number of benzene rings is 1. The lowest BCUT2D eigenvalue weighted by atomic mass is 10.1. The predicted molar refractivity (Wildman–Crippen MR) is 85.3 cm³/mol. The summed E-state index contributed by atoms with van der Waals surface area (Å²) in [5.41, 5.74) is 0.834. The number of likely N-dealkylation sites (N-methyl/N-ethyl adjacent to an activating group) is 1. The monoisotopic (exact) mass is 307 g/mol. The van der Waals surface area contributed by atoms with Crippen molar-refractivity contribution in [1.82, 2.24) is 4.90 Å². The molecule has 0 aliphatic rings. The van der Waals surface area contributed by atoms with Crippen molar-refractivity contribution in [2.75, 3.05) is 7.05 Å². The highest BCUT2D eigenvalue weighted by molar-refractivity contribution is 7.12. The minimum atomic E-state index is -0.635. The van der Waals surface area contributed by atoms with Crippen LogP contribution in [0, 0.1) is 6.92 Å². The molecular formula is C16H18ClNOS. The van der Waals surface area contributed by atoms with Gasteiger partial charge in [-0.2, -0.15) is 0 Å². The molecule has 2 nitrogen and oxygen atoms in total. The molecule has 2 rings (SSSR count). The molecule has 0 N–H and O–H groups in total. The second kappa shape index (κ2) is 6.42. The number of amides is 1. The Morgan fingerprint density at radius 1 is 1.20 bits per heavy atom. The number of rotatable bonds is 4. The quantitative estimate of drug-likeness (QED) is 0.758. The summed E-state index contributed by atoms with van der Waals surface area (Å²) < 4.78 is 0. The summed E-state index contributed by atoms with van der Waals surface area (Å²) in [5, 5.41) is -0.635.